The number of hydrogen-bond donors (Lipinski definition) is 1. The number of benzene rings is 1. The van der Waals surface area contributed by atoms with Gasteiger partial charge in [-0.15, -0.1) is 0 Å². The Bertz CT molecular complexity index is 914. The summed E-state index contributed by atoms with van der Waals surface area (Å²) in [5, 5.41) is 2.72. The number of fused-ring (bicyclic) bond motifs is 1. The van der Waals surface area contributed by atoms with Gasteiger partial charge in [0, 0.05) is 18.3 Å². The van der Waals surface area contributed by atoms with Crippen LogP contribution in [0, 0.1) is 11.6 Å². The lowest BCUT2D eigenvalue weighted by molar-refractivity contribution is 0.0949. The highest BCUT2D eigenvalue weighted by atomic mass is 19.2. The van der Waals surface area contributed by atoms with Gasteiger partial charge in [-0.05, 0) is 31.7 Å². The van der Waals surface area contributed by atoms with E-state index in [9.17, 15) is 18.4 Å². The number of carbonyl (C=O) groups excluding carboxylic acids is 1. The molecule has 2 fully saturated rings. The van der Waals surface area contributed by atoms with Crippen LogP contribution in [0.5, 0.6) is 5.75 Å². The molecule has 0 bridgehead atoms. The third-order valence-electron chi connectivity index (χ3n) is 4.47. The first kappa shape index (κ1) is 15.1. The molecule has 2 aromatic rings. The van der Waals surface area contributed by atoms with E-state index in [-0.39, 0.29) is 34.3 Å². The summed E-state index contributed by atoms with van der Waals surface area (Å²) in [6.45, 7) is 0. The first-order chi connectivity index (χ1) is 11.5. The summed E-state index contributed by atoms with van der Waals surface area (Å²) in [5.74, 6) is -3.07. The molecule has 7 heteroatoms. The molecular weight excluding hydrogens is 318 g/mol. The maximum absolute atomic E-state index is 14.1. The molecule has 0 radical (unpaired) electrons. The van der Waals surface area contributed by atoms with Gasteiger partial charge < -0.3 is 14.6 Å². The number of carbonyl (C=O) groups is 1. The zero-order chi connectivity index (χ0) is 17.0. The van der Waals surface area contributed by atoms with Crippen LogP contribution < -0.4 is 15.5 Å². The number of amides is 1. The fourth-order valence-corrected chi connectivity index (χ4v) is 2.91. The zero-order valence-corrected chi connectivity index (χ0v) is 13.1. The van der Waals surface area contributed by atoms with E-state index >= 15 is 0 Å². The Morgan fingerprint density at radius 3 is 2.58 bits per heavy atom. The summed E-state index contributed by atoms with van der Waals surface area (Å²) >= 11 is 0. The molecule has 0 aliphatic heterocycles. The Morgan fingerprint density at radius 2 is 2.00 bits per heavy atom. The van der Waals surface area contributed by atoms with Gasteiger partial charge in [-0.25, -0.2) is 4.39 Å². The van der Waals surface area contributed by atoms with E-state index < -0.39 is 23.0 Å². The second-order valence-electron chi connectivity index (χ2n) is 6.36. The number of pyridine rings is 1. The highest BCUT2D eigenvalue weighted by Crippen LogP contribution is 2.40. The van der Waals surface area contributed by atoms with Crippen molar-refractivity contribution in [2.75, 3.05) is 7.11 Å². The van der Waals surface area contributed by atoms with Crippen molar-refractivity contribution in [3.05, 3.63) is 39.7 Å². The van der Waals surface area contributed by atoms with Crippen molar-refractivity contribution in [3.8, 4) is 5.75 Å². The molecule has 1 amide bonds. The van der Waals surface area contributed by atoms with Crippen LogP contribution in [0.4, 0.5) is 8.78 Å². The predicted molar refractivity (Wildman–Crippen MR) is 83.4 cm³/mol. The first-order valence-electron chi connectivity index (χ1n) is 7.93. The van der Waals surface area contributed by atoms with Crippen molar-refractivity contribution in [2.24, 2.45) is 0 Å². The normalized spacial score (nSPS) is 17.1. The minimum Gasteiger partial charge on any atom is -0.491 e. The molecule has 24 heavy (non-hydrogen) atoms. The van der Waals surface area contributed by atoms with Gasteiger partial charge in [-0.2, -0.15) is 4.39 Å². The Morgan fingerprint density at radius 1 is 1.29 bits per heavy atom. The smallest absolute Gasteiger partial charge is 0.256 e. The highest BCUT2D eigenvalue weighted by molar-refractivity contribution is 5.98. The van der Waals surface area contributed by atoms with E-state index in [1.165, 1.54) is 13.3 Å². The van der Waals surface area contributed by atoms with Crippen LogP contribution >= 0.6 is 0 Å². The van der Waals surface area contributed by atoms with E-state index in [1.54, 1.807) is 4.57 Å². The monoisotopic (exact) mass is 334 g/mol. The fourth-order valence-electron chi connectivity index (χ4n) is 2.91. The largest absolute Gasteiger partial charge is 0.491 e. The molecule has 1 heterocycles. The fraction of sp³-hybridized carbons (Fsp3) is 0.412. The molecule has 0 atom stereocenters. The second-order valence-corrected chi connectivity index (χ2v) is 6.36. The molecular formula is C17H16F2N2O3. The number of nitrogens with zero attached hydrogens (tertiary/aromatic N) is 1. The molecule has 1 aromatic heterocycles. The van der Waals surface area contributed by atoms with E-state index in [0.717, 1.165) is 31.7 Å². The van der Waals surface area contributed by atoms with Crippen LogP contribution in [0.3, 0.4) is 0 Å². The number of methoxy groups -OCH3 is 1. The lowest BCUT2D eigenvalue weighted by atomic mass is 10.1. The van der Waals surface area contributed by atoms with E-state index in [1.807, 2.05) is 0 Å². The summed E-state index contributed by atoms with van der Waals surface area (Å²) in [4.78, 5) is 25.0. The number of hydrogen-bond acceptors (Lipinski definition) is 3. The molecule has 126 valence electrons. The average molecular weight is 334 g/mol. The molecule has 5 nitrogen and oxygen atoms in total. The molecule has 0 saturated heterocycles. The van der Waals surface area contributed by atoms with E-state index in [2.05, 4.69) is 5.32 Å². The zero-order valence-electron chi connectivity index (χ0n) is 13.1. The number of aromatic nitrogens is 1. The quantitative estimate of drug-likeness (QED) is 0.935. The summed E-state index contributed by atoms with van der Waals surface area (Å²) in [5.41, 5.74) is -0.460. The van der Waals surface area contributed by atoms with E-state index in [4.69, 9.17) is 4.74 Å². The summed E-state index contributed by atoms with van der Waals surface area (Å²) in [6, 6.07) is 1.00. The molecule has 0 spiro atoms. The molecule has 2 saturated carbocycles. The van der Waals surface area contributed by atoms with Crippen molar-refractivity contribution < 1.29 is 18.3 Å². The van der Waals surface area contributed by atoms with Gasteiger partial charge in [-0.3, -0.25) is 9.59 Å². The van der Waals surface area contributed by atoms with Crippen LogP contribution in [-0.4, -0.2) is 23.6 Å². The minimum atomic E-state index is -1.17. The first-order valence-corrected chi connectivity index (χ1v) is 7.93. The summed E-state index contributed by atoms with van der Waals surface area (Å²) in [6.07, 6.45) is 4.93. The molecule has 0 unspecified atom stereocenters. The van der Waals surface area contributed by atoms with Gasteiger partial charge in [0.1, 0.15) is 5.56 Å². The van der Waals surface area contributed by atoms with Crippen molar-refractivity contribution in [1.29, 1.82) is 0 Å². The number of nitrogens with one attached hydrogen (secondary N) is 1. The Kier molecular flexibility index (Phi) is 3.33. The predicted octanol–water partition coefficient (Wildman–Crippen LogP) is 2.52. The van der Waals surface area contributed by atoms with Gasteiger partial charge in [0.25, 0.3) is 5.91 Å². The third-order valence-corrected chi connectivity index (χ3v) is 4.47. The molecule has 1 N–H and O–H groups in total. The summed E-state index contributed by atoms with van der Waals surface area (Å²) < 4.78 is 34.6. The number of halogens is 2. The van der Waals surface area contributed by atoms with Gasteiger partial charge in [-0.1, -0.05) is 0 Å². The van der Waals surface area contributed by atoms with Crippen molar-refractivity contribution in [1.82, 2.24) is 9.88 Å². The van der Waals surface area contributed by atoms with Gasteiger partial charge >= 0.3 is 0 Å². The van der Waals surface area contributed by atoms with Gasteiger partial charge in [0.05, 0.1) is 18.0 Å². The third kappa shape index (κ3) is 2.35. The average Bonchev–Trinajstić information content (AvgIpc) is 3.43. The second kappa shape index (κ2) is 5.29. The van der Waals surface area contributed by atoms with Crippen LogP contribution in [0.25, 0.3) is 10.9 Å². The highest BCUT2D eigenvalue weighted by Gasteiger charge is 2.31. The van der Waals surface area contributed by atoms with Crippen LogP contribution in [-0.2, 0) is 0 Å². The van der Waals surface area contributed by atoms with Crippen LogP contribution in [0.15, 0.2) is 17.1 Å². The molecule has 1 aromatic carbocycles. The number of rotatable bonds is 4. The number of ether oxygens (including phenoxy) is 1. The minimum absolute atomic E-state index is 0.0407. The van der Waals surface area contributed by atoms with Crippen molar-refractivity contribution in [2.45, 2.75) is 37.8 Å². The molecule has 2 aliphatic carbocycles. The lowest BCUT2D eigenvalue weighted by Crippen LogP contribution is -2.31. The van der Waals surface area contributed by atoms with Gasteiger partial charge in [0.2, 0.25) is 11.2 Å². The SMILES string of the molecule is COc1c(F)c(F)cc2c(=O)c(C(=O)NC3CC3)cn(C3CC3)c12. The maximum Gasteiger partial charge on any atom is 0.256 e. The van der Waals surface area contributed by atoms with E-state index in [0.29, 0.717) is 0 Å². The van der Waals surface area contributed by atoms with Crippen molar-refractivity contribution in [3.63, 3.8) is 0 Å². The Balaban J connectivity index is 2.00. The van der Waals surface area contributed by atoms with Crippen LogP contribution in [0.1, 0.15) is 42.1 Å². The molecule has 2 aliphatic rings. The standard InChI is InChI=1S/C17H16F2N2O3/c1-24-16-13(19)12(18)6-10-14(16)21(9-4-5-9)7-11(15(10)22)17(23)20-8-2-3-8/h6-9H,2-5H2,1H3,(H,20,23). The topological polar surface area (TPSA) is 60.3 Å². The Hall–Kier alpha value is -2.44. The van der Waals surface area contributed by atoms with Gasteiger partial charge in [0.15, 0.2) is 11.6 Å². The van der Waals surface area contributed by atoms with Crippen molar-refractivity contribution >= 4 is 16.8 Å². The Labute approximate surface area is 136 Å². The molecule has 4 rings (SSSR count). The maximum atomic E-state index is 14.1. The summed E-state index contributed by atoms with van der Waals surface area (Å²) in [7, 11) is 1.23. The van der Waals surface area contributed by atoms with Crippen LogP contribution in [0.2, 0.25) is 0 Å². The lowest BCUT2D eigenvalue weighted by Gasteiger charge is -2.16.